The van der Waals surface area contributed by atoms with Crippen LogP contribution in [0.1, 0.15) is 15.2 Å². The highest BCUT2D eigenvalue weighted by atomic mass is 32.2. The molecule has 108 valence electrons. The lowest BCUT2D eigenvalue weighted by molar-refractivity contribution is -0.121. The van der Waals surface area contributed by atoms with E-state index in [0.29, 0.717) is 5.56 Å². The van der Waals surface area contributed by atoms with E-state index in [4.69, 9.17) is 5.11 Å². The Morgan fingerprint density at radius 1 is 1.47 bits per heavy atom. The van der Waals surface area contributed by atoms with Crippen molar-refractivity contribution in [3.8, 4) is 0 Å². The number of anilines is 1. The first kappa shape index (κ1) is 15.7. The predicted octanol–water partition coefficient (Wildman–Crippen LogP) is 1.56. The molecule has 1 rings (SSSR count). The number of alkyl halides is 3. The number of halogens is 3. The van der Waals surface area contributed by atoms with Gasteiger partial charge in [-0.3, -0.25) is 4.72 Å². The lowest BCUT2D eigenvalue weighted by atomic mass is 10.3. The first-order valence-corrected chi connectivity index (χ1v) is 7.03. The number of nitrogens with one attached hydrogen (secondary N) is 2. The smallest absolute Gasteiger partial charge is 0.402 e. The van der Waals surface area contributed by atoms with Crippen LogP contribution in [0.15, 0.2) is 5.38 Å². The molecule has 11 heteroatoms. The molecule has 6 nitrogen and oxygen atoms in total. The summed E-state index contributed by atoms with van der Waals surface area (Å²) in [6, 6.07) is 0. The Morgan fingerprint density at radius 2 is 2.05 bits per heavy atom. The van der Waals surface area contributed by atoms with Crippen LogP contribution in [0, 0.1) is 6.92 Å². The van der Waals surface area contributed by atoms with Crippen LogP contribution in [0.2, 0.25) is 0 Å². The summed E-state index contributed by atoms with van der Waals surface area (Å²) in [6.07, 6.45) is -4.70. The van der Waals surface area contributed by atoms with E-state index in [0.717, 1.165) is 11.3 Å². The van der Waals surface area contributed by atoms with Crippen LogP contribution in [0.25, 0.3) is 0 Å². The standard InChI is InChI=1S/C8H9F3N2O4S2/c1-4-2-18-6(7(14)15)5(4)13-19(16,17)12-3-8(9,10)11/h2,12-13H,3H2,1H3,(H,14,15). The summed E-state index contributed by atoms with van der Waals surface area (Å²) in [5, 5.41) is 10.2. The van der Waals surface area contributed by atoms with E-state index < -0.39 is 28.9 Å². The highest BCUT2D eigenvalue weighted by Crippen LogP contribution is 2.28. The third-order valence-electron chi connectivity index (χ3n) is 1.87. The fraction of sp³-hybridized carbons (Fsp3) is 0.375. The molecule has 0 radical (unpaired) electrons. The van der Waals surface area contributed by atoms with Gasteiger partial charge in [-0.2, -0.15) is 26.3 Å². The minimum Gasteiger partial charge on any atom is -0.477 e. The van der Waals surface area contributed by atoms with Gasteiger partial charge in [0, 0.05) is 0 Å². The van der Waals surface area contributed by atoms with E-state index in [1.807, 2.05) is 0 Å². The zero-order valence-corrected chi connectivity index (χ0v) is 11.0. The number of hydrogen-bond donors (Lipinski definition) is 3. The number of carboxylic acids is 1. The Balaban J connectivity index is 2.90. The molecule has 0 aromatic carbocycles. The molecule has 1 heterocycles. The van der Waals surface area contributed by atoms with Crippen molar-refractivity contribution in [3.63, 3.8) is 0 Å². The van der Waals surface area contributed by atoms with Crippen LogP contribution in [0.3, 0.4) is 0 Å². The summed E-state index contributed by atoms with van der Waals surface area (Å²) in [7, 11) is -4.49. The minimum absolute atomic E-state index is 0.243. The fourth-order valence-electron chi connectivity index (χ4n) is 1.08. The van der Waals surface area contributed by atoms with Gasteiger partial charge in [-0.25, -0.2) is 4.79 Å². The third-order valence-corrected chi connectivity index (χ3v) is 3.95. The monoisotopic (exact) mass is 318 g/mol. The van der Waals surface area contributed by atoms with Crippen LogP contribution >= 0.6 is 11.3 Å². The molecule has 0 saturated heterocycles. The van der Waals surface area contributed by atoms with Gasteiger partial charge in [-0.1, -0.05) is 0 Å². The van der Waals surface area contributed by atoms with Crippen molar-refractivity contribution in [2.24, 2.45) is 0 Å². The lowest BCUT2D eigenvalue weighted by Crippen LogP contribution is -2.37. The first-order valence-electron chi connectivity index (χ1n) is 4.67. The van der Waals surface area contributed by atoms with Gasteiger partial charge in [0.1, 0.15) is 11.4 Å². The number of carboxylic acid groups (broad SMARTS) is 1. The molecule has 0 fully saturated rings. The van der Waals surface area contributed by atoms with Crippen molar-refractivity contribution in [1.82, 2.24) is 4.72 Å². The van der Waals surface area contributed by atoms with Gasteiger partial charge < -0.3 is 5.11 Å². The molecular weight excluding hydrogens is 309 g/mol. The number of carbonyl (C=O) groups is 1. The fourth-order valence-corrected chi connectivity index (χ4v) is 2.94. The summed E-state index contributed by atoms with van der Waals surface area (Å²) in [4.78, 5) is 10.5. The molecule has 0 unspecified atom stereocenters. The maximum atomic E-state index is 11.9. The normalized spacial score (nSPS) is 12.4. The molecule has 0 aliphatic carbocycles. The second-order valence-corrected chi connectivity index (χ2v) is 5.85. The second-order valence-electron chi connectivity index (χ2n) is 3.47. The van der Waals surface area contributed by atoms with Gasteiger partial charge >= 0.3 is 12.1 Å². The highest BCUT2D eigenvalue weighted by Gasteiger charge is 2.30. The number of rotatable bonds is 5. The average Bonchev–Trinajstić information content (AvgIpc) is 2.57. The van der Waals surface area contributed by atoms with Crippen LogP contribution in [-0.4, -0.2) is 32.2 Å². The molecule has 0 saturated carbocycles. The molecular formula is C8H9F3N2O4S2. The number of aromatic carboxylic acids is 1. The summed E-state index contributed by atoms with van der Waals surface area (Å²) in [5.74, 6) is -1.37. The Morgan fingerprint density at radius 3 is 2.53 bits per heavy atom. The SMILES string of the molecule is Cc1csc(C(=O)O)c1NS(=O)(=O)NCC(F)(F)F. The maximum Gasteiger partial charge on any atom is 0.402 e. The number of aryl methyl sites for hydroxylation is 1. The summed E-state index contributed by atoms with van der Waals surface area (Å²) in [5.41, 5.74) is 0.0620. The molecule has 0 aliphatic heterocycles. The Bertz CT molecular complexity index is 579. The topological polar surface area (TPSA) is 95.5 Å². The van der Waals surface area contributed by atoms with E-state index >= 15 is 0 Å². The van der Waals surface area contributed by atoms with Crippen LogP contribution in [0.4, 0.5) is 18.9 Å². The van der Waals surface area contributed by atoms with E-state index in [2.05, 4.69) is 0 Å². The summed E-state index contributed by atoms with van der Waals surface area (Å²) in [6.45, 7) is -0.307. The van der Waals surface area contributed by atoms with Gasteiger partial charge in [-0.05, 0) is 17.9 Å². The van der Waals surface area contributed by atoms with Gasteiger partial charge in [-0.15, -0.1) is 11.3 Å². The van der Waals surface area contributed by atoms with Crippen molar-refractivity contribution in [2.75, 3.05) is 11.3 Å². The molecule has 0 amide bonds. The molecule has 0 aliphatic rings. The maximum absolute atomic E-state index is 11.9. The molecule has 1 aromatic rings. The highest BCUT2D eigenvalue weighted by molar-refractivity contribution is 7.90. The zero-order valence-electron chi connectivity index (χ0n) is 9.41. The Kier molecular flexibility index (Phi) is 4.43. The van der Waals surface area contributed by atoms with Crippen molar-refractivity contribution < 1.29 is 31.5 Å². The van der Waals surface area contributed by atoms with Gasteiger partial charge in [0.25, 0.3) is 10.2 Å². The molecule has 19 heavy (non-hydrogen) atoms. The predicted molar refractivity (Wildman–Crippen MR) is 62.6 cm³/mol. The quantitative estimate of drug-likeness (QED) is 0.768. The van der Waals surface area contributed by atoms with Crippen molar-refractivity contribution in [3.05, 3.63) is 15.8 Å². The van der Waals surface area contributed by atoms with Crippen molar-refractivity contribution >= 4 is 33.2 Å². The zero-order chi connectivity index (χ0) is 14.8. The van der Waals surface area contributed by atoms with E-state index in [9.17, 15) is 26.4 Å². The van der Waals surface area contributed by atoms with E-state index in [1.54, 1.807) is 4.72 Å². The molecule has 0 bridgehead atoms. The van der Waals surface area contributed by atoms with Crippen LogP contribution in [-0.2, 0) is 10.2 Å². The van der Waals surface area contributed by atoms with Gasteiger partial charge in [0.15, 0.2) is 0 Å². The molecule has 1 aromatic heterocycles. The van der Waals surface area contributed by atoms with Gasteiger partial charge in [0.05, 0.1) is 5.69 Å². The molecule has 3 N–H and O–H groups in total. The van der Waals surface area contributed by atoms with Crippen molar-refractivity contribution in [2.45, 2.75) is 13.1 Å². The summed E-state index contributed by atoms with van der Waals surface area (Å²) >= 11 is 0.772. The third kappa shape index (κ3) is 4.69. The average molecular weight is 318 g/mol. The Hall–Kier alpha value is -1.33. The first-order chi connectivity index (χ1) is 8.52. The van der Waals surface area contributed by atoms with Gasteiger partial charge in [0.2, 0.25) is 0 Å². The molecule has 0 atom stereocenters. The summed E-state index contributed by atoms with van der Waals surface area (Å²) < 4.78 is 61.5. The Labute approximate surface area is 110 Å². The van der Waals surface area contributed by atoms with Crippen molar-refractivity contribution in [1.29, 1.82) is 0 Å². The lowest BCUT2D eigenvalue weighted by Gasteiger charge is -2.11. The second kappa shape index (κ2) is 5.35. The largest absolute Gasteiger partial charge is 0.477 e. The number of hydrogen-bond acceptors (Lipinski definition) is 4. The number of thiophene rings is 1. The minimum atomic E-state index is -4.70. The van der Waals surface area contributed by atoms with E-state index in [1.165, 1.54) is 17.0 Å². The van der Waals surface area contributed by atoms with Crippen LogP contribution in [0.5, 0.6) is 0 Å². The van der Waals surface area contributed by atoms with Crippen LogP contribution < -0.4 is 9.44 Å². The molecule has 0 spiro atoms. The van der Waals surface area contributed by atoms with E-state index in [-0.39, 0.29) is 10.6 Å².